The van der Waals surface area contributed by atoms with Crippen LogP contribution in [0.3, 0.4) is 0 Å². The number of nitrogens with zero attached hydrogens (tertiary/aromatic N) is 3. The highest BCUT2D eigenvalue weighted by atomic mass is 16.6. The van der Waals surface area contributed by atoms with Crippen molar-refractivity contribution in [3.8, 4) is 6.07 Å². The number of carboxylic acid groups (broad SMARTS) is 1. The third-order valence-electron chi connectivity index (χ3n) is 3.40. The van der Waals surface area contributed by atoms with E-state index < -0.39 is 22.1 Å². The number of hydrogen-bond donors (Lipinski definition) is 2. The predicted molar refractivity (Wildman–Crippen MR) is 68.0 cm³/mol. The van der Waals surface area contributed by atoms with Crippen molar-refractivity contribution in [1.29, 1.82) is 5.26 Å². The van der Waals surface area contributed by atoms with Crippen molar-refractivity contribution in [2.45, 2.75) is 25.3 Å². The molecule has 2 rings (SSSR count). The zero-order valence-electron chi connectivity index (χ0n) is 10.7. The normalized spacial score (nSPS) is 16.8. The minimum atomic E-state index is -1.18. The maximum Gasteiger partial charge on any atom is 0.329 e. The van der Waals surface area contributed by atoms with Gasteiger partial charge in [0, 0.05) is 6.07 Å². The van der Waals surface area contributed by atoms with Gasteiger partial charge in [0.25, 0.3) is 0 Å². The van der Waals surface area contributed by atoms with Crippen molar-refractivity contribution in [1.82, 2.24) is 4.98 Å². The molecule has 0 bridgehead atoms. The van der Waals surface area contributed by atoms with Crippen molar-refractivity contribution < 1.29 is 14.8 Å². The Morgan fingerprint density at radius 3 is 2.75 bits per heavy atom. The van der Waals surface area contributed by atoms with E-state index in [1.807, 2.05) is 0 Å². The minimum Gasteiger partial charge on any atom is -0.480 e. The van der Waals surface area contributed by atoms with Gasteiger partial charge in [0.05, 0.1) is 4.92 Å². The minimum absolute atomic E-state index is 0.0115. The van der Waals surface area contributed by atoms with Crippen LogP contribution >= 0.6 is 0 Å². The second-order valence-electron chi connectivity index (χ2n) is 4.84. The highest BCUT2D eigenvalue weighted by Crippen LogP contribution is 2.41. The number of nitrogens with one attached hydrogen (secondary N) is 1. The smallest absolute Gasteiger partial charge is 0.329 e. The van der Waals surface area contributed by atoms with Crippen molar-refractivity contribution >= 4 is 17.5 Å². The average Bonchev–Trinajstić information content (AvgIpc) is 3.22. The Balaban J connectivity index is 2.32. The maximum absolute atomic E-state index is 11.4. The lowest BCUT2D eigenvalue weighted by Crippen LogP contribution is -2.45. The van der Waals surface area contributed by atoms with Gasteiger partial charge in [0.15, 0.2) is 0 Å². The lowest BCUT2D eigenvalue weighted by Gasteiger charge is -2.26. The van der Waals surface area contributed by atoms with E-state index in [1.54, 1.807) is 13.0 Å². The van der Waals surface area contributed by atoms with Crippen LogP contribution in [0.15, 0.2) is 12.1 Å². The zero-order chi connectivity index (χ0) is 14.9. The number of nitriles is 1. The highest BCUT2D eigenvalue weighted by molar-refractivity contribution is 5.83. The third-order valence-corrected chi connectivity index (χ3v) is 3.40. The van der Waals surface area contributed by atoms with Crippen LogP contribution in [0.25, 0.3) is 0 Å². The molecule has 0 radical (unpaired) electrons. The number of hydrogen-bond acceptors (Lipinski definition) is 6. The van der Waals surface area contributed by atoms with Gasteiger partial charge in [-0.2, -0.15) is 5.26 Å². The van der Waals surface area contributed by atoms with Crippen LogP contribution in [0.4, 0.5) is 11.5 Å². The van der Waals surface area contributed by atoms with Gasteiger partial charge in [-0.1, -0.05) is 0 Å². The van der Waals surface area contributed by atoms with E-state index >= 15 is 0 Å². The molecular formula is C12H12N4O4. The van der Waals surface area contributed by atoms with Gasteiger partial charge in [-0.3, -0.25) is 10.1 Å². The standard InChI is InChI=1S/C12H12N4O4/c1-12(11(17)18,7-2-3-7)15-10-5-4-9(16(19)20)8(6-13)14-10/h4-5,7H,2-3H2,1H3,(H,14,15)(H,17,18). The van der Waals surface area contributed by atoms with Crippen LogP contribution in [0, 0.1) is 27.4 Å². The summed E-state index contributed by atoms with van der Waals surface area (Å²) in [5, 5.41) is 31.6. The van der Waals surface area contributed by atoms with Gasteiger partial charge in [-0.05, 0) is 31.7 Å². The molecule has 104 valence electrons. The second kappa shape index (κ2) is 4.77. The fraction of sp³-hybridized carbons (Fsp3) is 0.417. The molecule has 1 saturated carbocycles. The van der Waals surface area contributed by atoms with Gasteiger partial charge in [0.1, 0.15) is 17.4 Å². The Bertz CT molecular complexity index is 620. The third kappa shape index (κ3) is 2.38. The number of carbonyl (C=O) groups is 1. The Morgan fingerprint density at radius 1 is 1.65 bits per heavy atom. The van der Waals surface area contributed by atoms with Gasteiger partial charge >= 0.3 is 11.7 Å². The van der Waals surface area contributed by atoms with Crippen LogP contribution in [0.1, 0.15) is 25.5 Å². The Labute approximate surface area is 114 Å². The van der Waals surface area contributed by atoms with Gasteiger partial charge in [0.2, 0.25) is 5.69 Å². The van der Waals surface area contributed by atoms with E-state index in [9.17, 15) is 20.0 Å². The van der Waals surface area contributed by atoms with E-state index in [1.165, 1.54) is 6.07 Å². The number of carboxylic acids is 1. The van der Waals surface area contributed by atoms with E-state index in [-0.39, 0.29) is 17.4 Å². The molecular weight excluding hydrogens is 264 g/mol. The fourth-order valence-corrected chi connectivity index (χ4v) is 2.01. The highest BCUT2D eigenvalue weighted by Gasteiger charge is 2.47. The summed E-state index contributed by atoms with van der Waals surface area (Å²) >= 11 is 0. The molecule has 1 aliphatic rings. The molecule has 0 saturated heterocycles. The maximum atomic E-state index is 11.4. The number of aromatic nitrogens is 1. The molecule has 2 N–H and O–H groups in total. The quantitative estimate of drug-likeness (QED) is 0.616. The fourth-order valence-electron chi connectivity index (χ4n) is 2.01. The zero-order valence-corrected chi connectivity index (χ0v) is 10.7. The molecule has 0 spiro atoms. The first kappa shape index (κ1) is 13.7. The summed E-state index contributed by atoms with van der Waals surface area (Å²) in [5.41, 5.74) is -1.93. The molecule has 1 aromatic rings. The molecule has 8 nitrogen and oxygen atoms in total. The van der Waals surface area contributed by atoms with Crippen LogP contribution < -0.4 is 5.32 Å². The summed E-state index contributed by atoms with van der Waals surface area (Å²) in [5.74, 6) is -0.884. The van der Waals surface area contributed by atoms with Crippen LogP contribution in [0.5, 0.6) is 0 Å². The Hall–Kier alpha value is -2.69. The molecule has 1 unspecified atom stereocenters. The number of nitro groups is 1. The number of pyridine rings is 1. The molecule has 1 fully saturated rings. The summed E-state index contributed by atoms with van der Waals surface area (Å²) in [7, 11) is 0. The van der Waals surface area contributed by atoms with Crippen LogP contribution in [-0.2, 0) is 4.79 Å². The first-order valence-corrected chi connectivity index (χ1v) is 5.95. The van der Waals surface area contributed by atoms with Gasteiger partial charge in [-0.15, -0.1) is 0 Å². The van der Waals surface area contributed by atoms with E-state index in [4.69, 9.17) is 5.26 Å². The largest absolute Gasteiger partial charge is 0.480 e. The monoisotopic (exact) mass is 276 g/mol. The Morgan fingerprint density at radius 2 is 2.30 bits per heavy atom. The SMILES string of the molecule is CC(Nc1ccc([N+](=O)[O-])c(C#N)n1)(C(=O)O)C1CC1. The summed E-state index contributed by atoms with van der Waals surface area (Å²) in [4.78, 5) is 25.2. The van der Waals surface area contributed by atoms with Crippen molar-refractivity contribution in [2.75, 3.05) is 5.32 Å². The van der Waals surface area contributed by atoms with E-state index in [0.717, 1.165) is 18.9 Å². The molecule has 0 aliphatic heterocycles. The second-order valence-corrected chi connectivity index (χ2v) is 4.84. The van der Waals surface area contributed by atoms with Crippen LogP contribution in [-0.4, -0.2) is 26.5 Å². The average molecular weight is 276 g/mol. The summed E-state index contributed by atoms with van der Waals surface area (Å²) in [6.45, 7) is 1.54. The van der Waals surface area contributed by atoms with Crippen molar-refractivity contribution in [2.24, 2.45) is 5.92 Å². The van der Waals surface area contributed by atoms with Crippen molar-refractivity contribution in [3.05, 3.63) is 27.9 Å². The van der Waals surface area contributed by atoms with Crippen LogP contribution in [0.2, 0.25) is 0 Å². The molecule has 8 heteroatoms. The molecule has 1 aromatic heterocycles. The van der Waals surface area contributed by atoms with Gasteiger partial charge in [-0.25, -0.2) is 9.78 Å². The molecule has 0 amide bonds. The molecule has 0 aromatic carbocycles. The first-order chi connectivity index (χ1) is 9.38. The molecule has 1 atom stereocenters. The number of anilines is 1. The van der Waals surface area contributed by atoms with Crippen molar-refractivity contribution in [3.63, 3.8) is 0 Å². The lowest BCUT2D eigenvalue weighted by atomic mass is 9.96. The summed E-state index contributed by atoms with van der Waals surface area (Å²) in [6.07, 6.45) is 1.60. The molecule has 1 heterocycles. The topological polar surface area (TPSA) is 129 Å². The molecule has 1 aliphatic carbocycles. The predicted octanol–water partition coefficient (Wildman–Crippen LogP) is 1.53. The lowest BCUT2D eigenvalue weighted by molar-refractivity contribution is -0.385. The number of aliphatic carboxylic acids is 1. The molecule has 20 heavy (non-hydrogen) atoms. The summed E-state index contributed by atoms with van der Waals surface area (Å²) in [6, 6.07) is 4.09. The van der Waals surface area contributed by atoms with E-state index in [2.05, 4.69) is 10.3 Å². The first-order valence-electron chi connectivity index (χ1n) is 5.95. The summed E-state index contributed by atoms with van der Waals surface area (Å²) < 4.78 is 0. The van der Waals surface area contributed by atoms with E-state index in [0.29, 0.717) is 0 Å². The number of rotatable bonds is 5. The van der Waals surface area contributed by atoms with Gasteiger partial charge < -0.3 is 10.4 Å². The Kier molecular flexibility index (Phi) is 3.28.